The van der Waals surface area contributed by atoms with Crippen LogP contribution in [-0.2, 0) is 28.3 Å². The van der Waals surface area contributed by atoms with Crippen molar-refractivity contribution in [3.8, 4) is 11.4 Å². The number of hydrogen-bond acceptors (Lipinski definition) is 7. The van der Waals surface area contributed by atoms with E-state index in [0.29, 0.717) is 24.9 Å². The number of benzene rings is 2. The Morgan fingerprint density at radius 1 is 1.24 bits per heavy atom. The van der Waals surface area contributed by atoms with Gasteiger partial charge in [0.2, 0.25) is 15.9 Å². The summed E-state index contributed by atoms with van der Waals surface area (Å²) in [5.74, 6) is -1.17. The van der Waals surface area contributed by atoms with Crippen molar-refractivity contribution in [2.45, 2.75) is 12.8 Å². The molecule has 180 valence electrons. The Hall–Kier alpha value is -3.32. The van der Waals surface area contributed by atoms with E-state index in [1.165, 1.54) is 14.2 Å². The predicted molar refractivity (Wildman–Crippen MR) is 126 cm³/mol. The molecule has 0 spiro atoms. The lowest BCUT2D eigenvalue weighted by atomic mass is 10.1. The standard InChI is InChI=1S/C21H20BrFN4O6S/c1-25-20(29)12-24-26(21(25)30)17-11-16(14(22)10-15(17)23)27(34(3,31)32)19(28)9-8-13-6-4-5-7-18(13)33-2/h4-7,10-12H,8-9H2,1-3H3. The zero-order chi connectivity index (χ0) is 25.2. The molecule has 1 amide bonds. The summed E-state index contributed by atoms with van der Waals surface area (Å²) in [6, 6.07) is 8.91. The number of methoxy groups -OCH3 is 1. The highest BCUT2D eigenvalue weighted by atomic mass is 79.9. The first kappa shape index (κ1) is 25.3. The third kappa shape index (κ3) is 5.09. The molecule has 0 saturated carbocycles. The predicted octanol–water partition coefficient (Wildman–Crippen LogP) is 1.77. The van der Waals surface area contributed by atoms with Crippen LogP contribution >= 0.6 is 15.9 Å². The Kier molecular flexibility index (Phi) is 7.36. The molecule has 0 saturated heterocycles. The number of carbonyl (C=O) groups is 1. The molecular weight excluding hydrogens is 535 g/mol. The second-order valence-electron chi connectivity index (χ2n) is 7.22. The molecule has 3 aromatic rings. The van der Waals surface area contributed by atoms with Crippen LogP contribution in [0.3, 0.4) is 0 Å². The Morgan fingerprint density at radius 2 is 1.91 bits per heavy atom. The first-order chi connectivity index (χ1) is 16.0. The van der Waals surface area contributed by atoms with Gasteiger partial charge in [-0.25, -0.2) is 21.9 Å². The highest BCUT2D eigenvalue weighted by Crippen LogP contribution is 2.33. The Balaban J connectivity index is 2.07. The minimum absolute atomic E-state index is 0.0392. The number of halogens is 2. The number of nitrogens with zero attached hydrogens (tertiary/aromatic N) is 4. The van der Waals surface area contributed by atoms with Crippen LogP contribution in [0.5, 0.6) is 5.75 Å². The SMILES string of the molecule is COc1ccccc1CCC(=O)N(c1cc(-n2ncc(=O)n(C)c2=O)c(F)cc1Br)S(C)(=O)=O. The summed E-state index contributed by atoms with van der Waals surface area (Å²) in [5, 5.41) is 3.65. The quantitative estimate of drug-likeness (QED) is 0.436. The van der Waals surface area contributed by atoms with E-state index >= 15 is 0 Å². The molecule has 0 aliphatic carbocycles. The van der Waals surface area contributed by atoms with E-state index < -0.39 is 38.7 Å². The maximum Gasteiger partial charge on any atom is 0.352 e. The van der Waals surface area contributed by atoms with Crippen molar-refractivity contribution in [1.82, 2.24) is 14.3 Å². The molecule has 13 heteroatoms. The van der Waals surface area contributed by atoms with Gasteiger partial charge in [-0.05, 0) is 46.1 Å². The molecule has 0 unspecified atom stereocenters. The molecule has 3 rings (SSSR count). The molecule has 1 aromatic heterocycles. The summed E-state index contributed by atoms with van der Waals surface area (Å²) in [6.45, 7) is 0. The van der Waals surface area contributed by atoms with E-state index in [0.717, 1.165) is 24.6 Å². The second-order valence-corrected chi connectivity index (χ2v) is 9.91. The average Bonchev–Trinajstić information content (AvgIpc) is 2.77. The molecule has 0 N–H and O–H groups in total. The maximum atomic E-state index is 14.8. The molecule has 0 aliphatic rings. The van der Waals surface area contributed by atoms with Gasteiger partial charge in [-0.1, -0.05) is 18.2 Å². The van der Waals surface area contributed by atoms with Gasteiger partial charge >= 0.3 is 5.69 Å². The number of aromatic nitrogens is 3. The topological polar surface area (TPSA) is 121 Å². The molecular formula is C21H20BrFN4O6S. The molecule has 34 heavy (non-hydrogen) atoms. The number of sulfonamides is 1. The van der Waals surface area contributed by atoms with Crippen LogP contribution in [0.4, 0.5) is 10.1 Å². The smallest absolute Gasteiger partial charge is 0.352 e. The number of carbonyl (C=O) groups excluding carboxylic acids is 1. The largest absolute Gasteiger partial charge is 0.496 e. The van der Waals surface area contributed by atoms with E-state index in [1.807, 2.05) is 0 Å². The third-order valence-electron chi connectivity index (χ3n) is 4.90. The van der Waals surface area contributed by atoms with E-state index in [2.05, 4.69) is 21.0 Å². The monoisotopic (exact) mass is 554 g/mol. The molecule has 0 aliphatic heterocycles. The van der Waals surface area contributed by atoms with Crippen molar-refractivity contribution >= 4 is 37.5 Å². The molecule has 2 aromatic carbocycles. The fourth-order valence-corrected chi connectivity index (χ4v) is 4.82. The van der Waals surface area contributed by atoms with Crippen molar-refractivity contribution in [2.75, 3.05) is 17.7 Å². The zero-order valence-electron chi connectivity index (χ0n) is 18.4. The van der Waals surface area contributed by atoms with Crippen LogP contribution in [0, 0.1) is 5.82 Å². The number of anilines is 1. The van der Waals surface area contributed by atoms with Gasteiger partial charge in [0.15, 0.2) is 0 Å². The third-order valence-corrected chi connectivity index (χ3v) is 6.60. The van der Waals surface area contributed by atoms with Crippen LogP contribution in [0.15, 0.2) is 56.7 Å². The zero-order valence-corrected chi connectivity index (χ0v) is 20.8. The first-order valence-electron chi connectivity index (χ1n) is 9.75. The molecule has 0 bridgehead atoms. The van der Waals surface area contributed by atoms with Crippen molar-refractivity contribution in [3.63, 3.8) is 0 Å². The molecule has 10 nitrogen and oxygen atoms in total. The molecule has 0 atom stereocenters. The number of rotatable bonds is 7. The summed E-state index contributed by atoms with van der Waals surface area (Å²) in [7, 11) is -1.49. The van der Waals surface area contributed by atoms with Crippen LogP contribution in [0.1, 0.15) is 12.0 Å². The fraction of sp³-hybridized carbons (Fsp3) is 0.238. The number of para-hydroxylation sites is 1. The van der Waals surface area contributed by atoms with Crippen molar-refractivity contribution in [2.24, 2.45) is 7.05 Å². The van der Waals surface area contributed by atoms with E-state index in [-0.39, 0.29) is 23.0 Å². The summed E-state index contributed by atoms with van der Waals surface area (Å²) >= 11 is 3.10. The van der Waals surface area contributed by atoms with Crippen molar-refractivity contribution in [1.29, 1.82) is 0 Å². The molecule has 0 fully saturated rings. The normalized spacial score (nSPS) is 11.3. The van der Waals surface area contributed by atoms with Gasteiger partial charge < -0.3 is 4.74 Å². The van der Waals surface area contributed by atoms with Gasteiger partial charge in [0.25, 0.3) is 5.56 Å². The Bertz CT molecular complexity index is 1490. The maximum absolute atomic E-state index is 14.8. The molecule has 0 radical (unpaired) electrons. The minimum Gasteiger partial charge on any atom is -0.496 e. The summed E-state index contributed by atoms with van der Waals surface area (Å²) < 4.78 is 47.0. The van der Waals surface area contributed by atoms with Crippen LogP contribution < -0.4 is 20.3 Å². The lowest BCUT2D eigenvalue weighted by Gasteiger charge is -2.23. The van der Waals surface area contributed by atoms with Gasteiger partial charge in [-0.3, -0.25) is 14.2 Å². The van der Waals surface area contributed by atoms with Crippen molar-refractivity contribution in [3.05, 3.63) is 79.3 Å². The molecule has 1 heterocycles. The highest BCUT2D eigenvalue weighted by molar-refractivity contribution is 9.10. The number of aryl methyl sites for hydroxylation is 1. The van der Waals surface area contributed by atoms with Crippen molar-refractivity contribution < 1.29 is 22.3 Å². The minimum atomic E-state index is -4.16. The van der Waals surface area contributed by atoms with Gasteiger partial charge in [0, 0.05) is 17.9 Å². The number of hydrogen-bond donors (Lipinski definition) is 0. The lowest BCUT2D eigenvalue weighted by molar-refractivity contribution is -0.117. The Labute approximate surface area is 202 Å². The average molecular weight is 555 g/mol. The Morgan fingerprint density at radius 3 is 2.56 bits per heavy atom. The van der Waals surface area contributed by atoms with E-state index in [9.17, 15) is 27.2 Å². The van der Waals surface area contributed by atoms with E-state index in [1.54, 1.807) is 24.3 Å². The second kappa shape index (κ2) is 9.89. The van der Waals surface area contributed by atoms with E-state index in [4.69, 9.17) is 4.74 Å². The summed E-state index contributed by atoms with van der Waals surface area (Å²) in [4.78, 5) is 37.1. The summed E-state index contributed by atoms with van der Waals surface area (Å²) in [6.07, 6.45) is 1.63. The number of ether oxygens (including phenoxy) is 1. The van der Waals surface area contributed by atoms with Gasteiger partial charge in [0.05, 0.1) is 19.1 Å². The summed E-state index contributed by atoms with van der Waals surface area (Å²) in [5.41, 5.74) is -1.61. The number of amides is 1. The van der Waals surface area contributed by atoms with Crippen LogP contribution in [-0.4, -0.2) is 42.0 Å². The van der Waals surface area contributed by atoms with Gasteiger partial charge in [0.1, 0.15) is 23.5 Å². The van der Waals surface area contributed by atoms with Gasteiger partial charge in [-0.15, -0.1) is 0 Å². The lowest BCUT2D eigenvalue weighted by Crippen LogP contribution is -2.39. The first-order valence-corrected chi connectivity index (χ1v) is 12.4. The van der Waals surface area contributed by atoms with Crippen LogP contribution in [0.2, 0.25) is 0 Å². The fourth-order valence-electron chi connectivity index (χ4n) is 3.24. The van der Waals surface area contributed by atoms with Gasteiger partial charge in [-0.2, -0.15) is 9.78 Å². The highest BCUT2D eigenvalue weighted by Gasteiger charge is 2.29. The van der Waals surface area contributed by atoms with Crippen LogP contribution in [0.25, 0.3) is 5.69 Å².